The van der Waals surface area contributed by atoms with Crippen LogP contribution in [-0.4, -0.2) is 34.3 Å². The second-order valence-electron chi connectivity index (χ2n) is 7.26. The average Bonchev–Trinajstić information content (AvgIpc) is 3.48. The number of nitrogens with zero attached hydrogens (tertiary/aromatic N) is 3. The van der Waals surface area contributed by atoms with Gasteiger partial charge in [0, 0.05) is 52.7 Å². The lowest BCUT2D eigenvalue weighted by atomic mass is 9.97. The molecule has 1 aromatic carbocycles. The van der Waals surface area contributed by atoms with E-state index in [1.165, 1.54) is 13.2 Å². The van der Waals surface area contributed by atoms with Crippen molar-refractivity contribution in [2.24, 2.45) is 0 Å². The summed E-state index contributed by atoms with van der Waals surface area (Å²) in [5, 5.41) is 0.630. The molecule has 0 radical (unpaired) electrons. The largest absolute Gasteiger partial charge is 0.496 e. The molecule has 6 nitrogen and oxygen atoms in total. The van der Waals surface area contributed by atoms with E-state index in [4.69, 9.17) is 15.5 Å². The number of aldehydes is 1. The Hall–Kier alpha value is -3.06. The molecule has 1 aliphatic carbocycles. The minimum absolute atomic E-state index is 0.310. The number of hydrogen-bond donors (Lipinski definition) is 1. The van der Waals surface area contributed by atoms with E-state index < -0.39 is 5.82 Å². The van der Waals surface area contributed by atoms with E-state index in [1.54, 1.807) is 24.5 Å². The van der Waals surface area contributed by atoms with E-state index in [9.17, 15) is 9.18 Å². The second kappa shape index (κ2) is 6.24. The number of halogens is 1. The molecule has 2 N–H and O–H groups in total. The van der Waals surface area contributed by atoms with Crippen LogP contribution in [0, 0.1) is 5.82 Å². The number of fused-ring (bicyclic) bond motifs is 2. The minimum Gasteiger partial charge on any atom is -0.496 e. The molecule has 1 atom stereocenters. The summed E-state index contributed by atoms with van der Waals surface area (Å²) in [7, 11) is 1.53. The van der Waals surface area contributed by atoms with Gasteiger partial charge in [-0.05, 0) is 31.0 Å². The topological polar surface area (TPSA) is 81.3 Å². The molecule has 2 aromatic heterocycles. The number of hydrogen-bond acceptors (Lipinski definition) is 6. The summed E-state index contributed by atoms with van der Waals surface area (Å²) >= 11 is 0. The van der Waals surface area contributed by atoms with Crippen LogP contribution in [0.4, 0.5) is 10.1 Å². The van der Waals surface area contributed by atoms with Crippen molar-refractivity contribution in [3.63, 3.8) is 0 Å². The zero-order chi connectivity index (χ0) is 19.4. The molecular weight excluding hydrogens is 359 g/mol. The maximum absolute atomic E-state index is 14.9. The number of aromatic nitrogens is 2. The number of benzene rings is 1. The summed E-state index contributed by atoms with van der Waals surface area (Å²) in [6, 6.07) is 4.68. The van der Waals surface area contributed by atoms with Crippen LogP contribution in [0.5, 0.6) is 5.75 Å². The molecule has 0 amide bonds. The minimum atomic E-state index is -0.422. The Morgan fingerprint density at radius 3 is 2.86 bits per heavy atom. The molecule has 5 rings (SSSR count). The predicted molar refractivity (Wildman–Crippen MR) is 103 cm³/mol. The van der Waals surface area contributed by atoms with Gasteiger partial charge in [0.15, 0.2) is 0 Å². The smallest absolute Gasteiger partial charge is 0.141 e. The Labute approximate surface area is 161 Å². The molecule has 28 heavy (non-hydrogen) atoms. The molecule has 3 heterocycles. The average molecular weight is 378 g/mol. The van der Waals surface area contributed by atoms with Gasteiger partial charge in [-0.2, -0.15) is 0 Å². The second-order valence-corrected chi connectivity index (χ2v) is 7.26. The number of carbonyl (C=O) groups is 1. The molecule has 142 valence electrons. The number of anilines is 1. The zero-order valence-electron chi connectivity index (χ0n) is 15.4. The lowest BCUT2D eigenvalue weighted by molar-refractivity contribution is -0.112. The normalized spacial score (nSPS) is 19.0. The summed E-state index contributed by atoms with van der Waals surface area (Å²) in [6.45, 7) is 0.545. The molecule has 0 bridgehead atoms. The molecule has 0 spiro atoms. The molecule has 2 aliphatic rings. The fourth-order valence-electron chi connectivity index (χ4n) is 4.20. The van der Waals surface area contributed by atoms with Gasteiger partial charge in [-0.1, -0.05) is 0 Å². The maximum Gasteiger partial charge on any atom is 0.141 e. The number of nitrogens with two attached hydrogens (primary N) is 1. The van der Waals surface area contributed by atoms with Crippen LogP contribution >= 0.6 is 0 Å². The summed E-state index contributed by atoms with van der Waals surface area (Å²) in [5.74, 6) is 0.0854. The van der Waals surface area contributed by atoms with Crippen molar-refractivity contribution in [1.29, 1.82) is 0 Å². The highest BCUT2D eigenvalue weighted by Gasteiger charge is 2.42. The van der Waals surface area contributed by atoms with Gasteiger partial charge in [0.05, 0.1) is 24.4 Å². The number of ether oxygens (including phenoxy) is 1. The number of carbonyl (C=O) groups excluding carboxylic acids is 1. The van der Waals surface area contributed by atoms with Crippen molar-refractivity contribution in [3.05, 3.63) is 47.7 Å². The number of nitrogen functional groups attached to an aromatic ring is 1. The predicted octanol–water partition coefficient (Wildman–Crippen LogP) is 3.24. The van der Waals surface area contributed by atoms with Gasteiger partial charge in [0.2, 0.25) is 0 Å². The van der Waals surface area contributed by atoms with Crippen molar-refractivity contribution >= 4 is 22.9 Å². The zero-order valence-corrected chi connectivity index (χ0v) is 15.4. The Morgan fingerprint density at radius 2 is 2.14 bits per heavy atom. The van der Waals surface area contributed by atoms with Crippen molar-refractivity contribution in [2.75, 3.05) is 12.8 Å². The van der Waals surface area contributed by atoms with Gasteiger partial charge in [0.1, 0.15) is 17.9 Å². The highest BCUT2D eigenvalue weighted by atomic mass is 19.1. The Kier molecular flexibility index (Phi) is 3.80. The molecular formula is C21H19FN4O2. The number of pyridine rings is 2. The molecule has 1 unspecified atom stereocenters. The van der Waals surface area contributed by atoms with Crippen LogP contribution in [0.15, 0.2) is 30.6 Å². The molecule has 1 saturated carbocycles. The molecule has 3 aromatic rings. The highest BCUT2D eigenvalue weighted by molar-refractivity contribution is 6.02. The summed E-state index contributed by atoms with van der Waals surface area (Å²) in [4.78, 5) is 22.9. The van der Waals surface area contributed by atoms with Gasteiger partial charge >= 0.3 is 0 Å². The first-order valence-corrected chi connectivity index (χ1v) is 9.24. The third-order valence-electron chi connectivity index (χ3n) is 5.67. The Bertz CT molecular complexity index is 1110. The van der Waals surface area contributed by atoms with Gasteiger partial charge in [0.25, 0.3) is 0 Å². The van der Waals surface area contributed by atoms with Crippen LogP contribution in [0.3, 0.4) is 0 Å². The van der Waals surface area contributed by atoms with E-state index in [1.807, 2.05) is 0 Å². The third kappa shape index (κ3) is 2.39. The monoisotopic (exact) mass is 378 g/mol. The van der Waals surface area contributed by atoms with Crippen LogP contribution in [-0.2, 0) is 11.3 Å². The standard InChI is InChI=1S/C21H19FN4O2/c1-28-17-6-7-24-8-13(17)18-14(22)5-4-12-20(23)19-15(25-21(12)18)9-26(11-2-3-11)16(19)10-27/h4-8,10-11,16H,2-3,9H2,1H3,(H2,23,25). The van der Waals surface area contributed by atoms with Crippen LogP contribution < -0.4 is 10.5 Å². The van der Waals surface area contributed by atoms with E-state index in [0.29, 0.717) is 46.1 Å². The van der Waals surface area contributed by atoms with Gasteiger partial charge in [-0.3, -0.25) is 14.9 Å². The van der Waals surface area contributed by atoms with Crippen molar-refractivity contribution < 1.29 is 13.9 Å². The van der Waals surface area contributed by atoms with Crippen molar-refractivity contribution in [3.8, 4) is 16.9 Å². The van der Waals surface area contributed by atoms with Crippen LogP contribution in [0.2, 0.25) is 0 Å². The van der Waals surface area contributed by atoms with Crippen LogP contribution in [0.25, 0.3) is 22.0 Å². The maximum atomic E-state index is 14.9. The van der Waals surface area contributed by atoms with Gasteiger partial charge in [-0.15, -0.1) is 0 Å². The first kappa shape index (κ1) is 17.1. The third-order valence-corrected chi connectivity index (χ3v) is 5.67. The fraction of sp³-hybridized carbons (Fsp3) is 0.286. The molecule has 7 heteroatoms. The Balaban J connectivity index is 1.79. The summed E-state index contributed by atoms with van der Waals surface area (Å²) in [5.41, 5.74) is 9.77. The highest BCUT2D eigenvalue weighted by Crippen LogP contribution is 2.46. The lowest BCUT2D eigenvalue weighted by Crippen LogP contribution is -2.25. The summed E-state index contributed by atoms with van der Waals surface area (Å²) in [6.07, 6.45) is 6.23. The quantitative estimate of drug-likeness (QED) is 0.702. The first-order valence-electron chi connectivity index (χ1n) is 9.24. The molecule has 0 saturated heterocycles. The first-order chi connectivity index (χ1) is 13.6. The van der Waals surface area contributed by atoms with E-state index in [2.05, 4.69) is 9.88 Å². The Morgan fingerprint density at radius 1 is 1.32 bits per heavy atom. The fourth-order valence-corrected chi connectivity index (χ4v) is 4.20. The molecule has 1 fully saturated rings. The van der Waals surface area contributed by atoms with E-state index >= 15 is 0 Å². The lowest BCUT2D eigenvalue weighted by Gasteiger charge is -2.20. The van der Waals surface area contributed by atoms with Gasteiger partial charge in [-0.25, -0.2) is 4.39 Å². The van der Waals surface area contributed by atoms with E-state index in [0.717, 1.165) is 30.4 Å². The van der Waals surface area contributed by atoms with E-state index in [-0.39, 0.29) is 6.04 Å². The SMILES string of the molecule is COc1ccncc1-c1c(F)ccc2c(N)c3c(nc12)CN(C1CC1)C3C=O. The number of rotatable bonds is 4. The van der Waals surface area contributed by atoms with Crippen molar-refractivity contribution in [2.45, 2.75) is 31.5 Å². The van der Waals surface area contributed by atoms with Crippen LogP contribution in [0.1, 0.15) is 30.1 Å². The number of methoxy groups -OCH3 is 1. The van der Waals surface area contributed by atoms with Crippen molar-refractivity contribution in [1.82, 2.24) is 14.9 Å². The summed E-state index contributed by atoms with van der Waals surface area (Å²) < 4.78 is 20.3. The van der Waals surface area contributed by atoms with Gasteiger partial charge < -0.3 is 15.3 Å². The molecule has 1 aliphatic heterocycles.